The Labute approximate surface area is 120 Å². The smallest absolute Gasteiger partial charge is 0.263 e. The molecule has 1 unspecified atom stereocenters. The van der Waals surface area contributed by atoms with Gasteiger partial charge in [-0.2, -0.15) is 0 Å². The predicted octanol–water partition coefficient (Wildman–Crippen LogP) is 2.50. The summed E-state index contributed by atoms with van der Waals surface area (Å²) in [7, 11) is 0. The molecular weight excluding hydrogens is 284 g/mol. The van der Waals surface area contributed by atoms with Crippen LogP contribution in [0.25, 0.3) is 10.1 Å². The number of nitrogens with one attached hydrogen (secondary N) is 1. The average molecular weight is 299 g/mol. The van der Waals surface area contributed by atoms with E-state index in [0.717, 1.165) is 10.1 Å². The summed E-state index contributed by atoms with van der Waals surface area (Å²) in [6.07, 6.45) is 0. The lowest BCUT2D eigenvalue weighted by molar-refractivity contribution is 0.0947. The Morgan fingerprint density at radius 3 is 3.00 bits per heavy atom. The summed E-state index contributed by atoms with van der Waals surface area (Å²) in [5.74, 6) is -0.191. The van der Waals surface area contributed by atoms with Gasteiger partial charge in [0.05, 0.1) is 5.69 Å². The molecule has 0 aliphatic rings. The third kappa shape index (κ3) is 3.00. The Kier molecular flexibility index (Phi) is 4.29. The summed E-state index contributed by atoms with van der Waals surface area (Å²) >= 11 is 7.26. The molecule has 0 aliphatic heterocycles. The fourth-order valence-electron chi connectivity index (χ4n) is 1.67. The van der Waals surface area contributed by atoms with Crippen molar-refractivity contribution in [2.45, 2.75) is 6.92 Å². The third-order valence-electron chi connectivity index (χ3n) is 2.82. The second-order valence-electron chi connectivity index (χ2n) is 4.48. The highest BCUT2D eigenvalue weighted by molar-refractivity contribution is 7.21. The predicted molar refractivity (Wildman–Crippen MR) is 79.8 cm³/mol. The molecule has 0 radical (unpaired) electrons. The normalized spacial score (nSPS) is 12.6. The first-order chi connectivity index (χ1) is 9.02. The molecule has 4 N–H and O–H groups in total. The Balaban J connectivity index is 2.25. The number of benzene rings is 1. The van der Waals surface area contributed by atoms with Crippen molar-refractivity contribution < 1.29 is 9.90 Å². The molecule has 102 valence electrons. The second kappa shape index (κ2) is 5.77. The lowest BCUT2D eigenvalue weighted by atomic mass is 10.2. The largest absolute Gasteiger partial charge is 0.397 e. The molecule has 2 rings (SSSR count). The van der Waals surface area contributed by atoms with Crippen molar-refractivity contribution in [3.05, 3.63) is 28.1 Å². The maximum atomic E-state index is 12.0. The van der Waals surface area contributed by atoms with Gasteiger partial charge in [-0.15, -0.1) is 11.3 Å². The molecule has 4 nitrogen and oxygen atoms in total. The monoisotopic (exact) mass is 298 g/mol. The average Bonchev–Trinajstić information content (AvgIpc) is 2.73. The molecule has 1 atom stereocenters. The molecule has 19 heavy (non-hydrogen) atoms. The van der Waals surface area contributed by atoms with Crippen LogP contribution in [-0.4, -0.2) is 24.2 Å². The van der Waals surface area contributed by atoms with Gasteiger partial charge in [-0.1, -0.05) is 18.5 Å². The summed E-state index contributed by atoms with van der Waals surface area (Å²) in [5, 5.41) is 13.1. The number of carbonyl (C=O) groups excluding carboxylic acids is 1. The molecule has 1 heterocycles. The van der Waals surface area contributed by atoms with E-state index in [1.54, 1.807) is 12.1 Å². The van der Waals surface area contributed by atoms with Crippen LogP contribution >= 0.6 is 22.9 Å². The summed E-state index contributed by atoms with van der Waals surface area (Å²) in [6, 6.07) is 5.39. The quantitative estimate of drug-likeness (QED) is 0.812. The van der Waals surface area contributed by atoms with Gasteiger partial charge in [0.25, 0.3) is 5.91 Å². The van der Waals surface area contributed by atoms with E-state index in [1.165, 1.54) is 11.3 Å². The number of hydrogen-bond donors (Lipinski definition) is 3. The van der Waals surface area contributed by atoms with E-state index in [1.807, 2.05) is 13.0 Å². The molecular formula is C13H15ClN2O2S. The zero-order valence-electron chi connectivity index (χ0n) is 10.4. The minimum atomic E-state index is -0.213. The number of anilines is 1. The SMILES string of the molecule is CC(CO)CNC(=O)c1sc2ccc(Cl)cc2c1N. The number of nitrogens with two attached hydrogens (primary N) is 1. The second-order valence-corrected chi connectivity index (χ2v) is 5.97. The number of halogens is 1. The minimum absolute atomic E-state index is 0.0222. The van der Waals surface area contributed by atoms with Crippen molar-refractivity contribution in [2.75, 3.05) is 18.9 Å². The van der Waals surface area contributed by atoms with Gasteiger partial charge in [-0.05, 0) is 24.1 Å². The summed E-state index contributed by atoms with van der Waals surface area (Å²) < 4.78 is 0.933. The van der Waals surface area contributed by atoms with Crippen LogP contribution in [-0.2, 0) is 0 Å². The first kappa shape index (κ1) is 14.1. The van der Waals surface area contributed by atoms with Crippen LogP contribution in [0.3, 0.4) is 0 Å². The fraction of sp³-hybridized carbons (Fsp3) is 0.308. The molecule has 0 aliphatic carbocycles. The maximum absolute atomic E-state index is 12.0. The Morgan fingerprint density at radius 2 is 2.32 bits per heavy atom. The van der Waals surface area contributed by atoms with Gasteiger partial charge in [0, 0.05) is 28.3 Å². The Bertz CT molecular complexity index is 612. The van der Waals surface area contributed by atoms with Crippen LogP contribution in [0.1, 0.15) is 16.6 Å². The maximum Gasteiger partial charge on any atom is 0.263 e. The first-order valence-electron chi connectivity index (χ1n) is 5.89. The van der Waals surface area contributed by atoms with Crippen molar-refractivity contribution in [2.24, 2.45) is 5.92 Å². The highest BCUT2D eigenvalue weighted by atomic mass is 35.5. The molecule has 1 aromatic heterocycles. The summed E-state index contributed by atoms with van der Waals surface area (Å²) in [5.41, 5.74) is 6.44. The van der Waals surface area contributed by atoms with Gasteiger partial charge in [-0.25, -0.2) is 0 Å². The summed E-state index contributed by atoms with van der Waals surface area (Å²) in [4.78, 5) is 12.5. The standard InChI is InChI=1S/C13H15ClN2O2S/c1-7(6-17)5-16-13(18)12-11(15)9-4-8(14)2-3-10(9)19-12/h2-4,7,17H,5-6,15H2,1H3,(H,16,18). The number of rotatable bonds is 4. The lowest BCUT2D eigenvalue weighted by Crippen LogP contribution is -2.29. The molecule has 1 aromatic carbocycles. The molecule has 6 heteroatoms. The van der Waals surface area contributed by atoms with Gasteiger partial charge in [0.15, 0.2) is 0 Å². The van der Waals surface area contributed by atoms with Crippen LogP contribution < -0.4 is 11.1 Å². The van der Waals surface area contributed by atoms with E-state index in [9.17, 15) is 4.79 Å². The van der Waals surface area contributed by atoms with E-state index >= 15 is 0 Å². The van der Waals surface area contributed by atoms with Gasteiger partial charge in [0.1, 0.15) is 4.88 Å². The third-order valence-corrected chi connectivity index (χ3v) is 4.24. The number of carbonyl (C=O) groups is 1. The van der Waals surface area contributed by atoms with E-state index in [-0.39, 0.29) is 18.4 Å². The van der Waals surface area contributed by atoms with E-state index in [4.69, 9.17) is 22.4 Å². The van der Waals surface area contributed by atoms with Gasteiger partial charge >= 0.3 is 0 Å². The number of thiophene rings is 1. The zero-order chi connectivity index (χ0) is 14.0. The zero-order valence-corrected chi connectivity index (χ0v) is 12.0. The van der Waals surface area contributed by atoms with Crippen molar-refractivity contribution in [1.82, 2.24) is 5.32 Å². The molecule has 0 saturated heterocycles. The number of amides is 1. The fourth-order valence-corrected chi connectivity index (χ4v) is 2.86. The van der Waals surface area contributed by atoms with Crippen LogP contribution in [0.15, 0.2) is 18.2 Å². The van der Waals surface area contributed by atoms with Crippen molar-refractivity contribution in [3.63, 3.8) is 0 Å². The number of hydrogen-bond acceptors (Lipinski definition) is 4. The van der Waals surface area contributed by atoms with Gasteiger partial charge in [-0.3, -0.25) is 4.79 Å². The van der Waals surface area contributed by atoms with E-state index < -0.39 is 0 Å². The highest BCUT2D eigenvalue weighted by Crippen LogP contribution is 2.35. The molecule has 0 saturated carbocycles. The Hall–Kier alpha value is -1.30. The van der Waals surface area contributed by atoms with Crippen LogP contribution in [0.2, 0.25) is 5.02 Å². The highest BCUT2D eigenvalue weighted by Gasteiger charge is 2.16. The number of aliphatic hydroxyl groups is 1. The minimum Gasteiger partial charge on any atom is -0.397 e. The van der Waals surface area contributed by atoms with Gasteiger partial charge < -0.3 is 16.2 Å². The lowest BCUT2D eigenvalue weighted by Gasteiger charge is -2.08. The van der Waals surface area contributed by atoms with E-state index in [2.05, 4.69) is 5.32 Å². The van der Waals surface area contributed by atoms with Crippen molar-refractivity contribution in [1.29, 1.82) is 0 Å². The van der Waals surface area contributed by atoms with Crippen LogP contribution in [0.5, 0.6) is 0 Å². The van der Waals surface area contributed by atoms with Crippen molar-refractivity contribution >= 4 is 44.6 Å². The first-order valence-corrected chi connectivity index (χ1v) is 7.09. The number of aliphatic hydroxyl groups excluding tert-OH is 1. The van der Waals surface area contributed by atoms with Crippen LogP contribution in [0.4, 0.5) is 5.69 Å². The van der Waals surface area contributed by atoms with Crippen LogP contribution in [0, 0.1) is 5.92 Å². The number of nitrogen functional groups attached to an aromatic ring is 1. The topological polar surface area (TPSA) is 75.3 Å². The molecule has 0 bridgehead atoms. The Morgan fingerprint density at radius 1 is 1.58 bits per heavy atom. The van der Waals surface area contributed by atoms with E-state index in [0.29, 0.717) is 22.1 Å². The molecule has 1 amide bonds. The number of fused-ring (bicyclic) bond motifs is 1. The summed E-state index contributed by atoms with van der Waals surface area (Å²) in [6.45, 7) is 2.32. The van der Waals surface area contributed by atoms with Gasteiger partial charge in [0.2, 0.25) is 0 Å². The molecule has 0 spiro atoms. The molecule has 0 fully saturated rings. The van der Waals surface area contributed by atoms with Crippen molar-refractivity contribution in [3.8, 4) is 0 Å². The molecule has 2 aromatic rings.